The summed E-state index contributed by atoms with van der Waals surface area (Å²) < 4.78 is 11.7. The lowest BCUT2D eigenvalue weighted by molar-refractivity contribution is -0.172. The van der Waals surface area contributed by atoms with E-state index in [1.807, 2.05) is 0 Å². The number of benzene rings is 1. The van der Waals surface area contributed by atoms with E-state index in [1.54, 1.807) is 31.2 Å². The highest BCUT2D eigenvalue weighted by molar-refractivity contribution is 5.92. The number of carbonyl (C=O) groups excluding carboxylic acids is 2. The lowest BCUT2D eigenvalue weighted by Crippen LogP contribution is -2.44. The van der Waals surface area contributed by atoms with Crippen LogP contribution in [0.3, 0.4) is 0 Å². The van der Waals surface area contributed by atoms with Crippen LogP contribution >= 0.6 is 0 Å². The van der Waals surface area contributed by atoms with Gasteiger partial charge in [0.15, 0.2) is 5.60 Å². The normalized spacial score (nSPS) is 18.4. The third-order valence-electron chi connectivity index (χ3n) is 6.03. The van der Waals surface area contributed by atoms with Crippen LogP contribution in [0.25, 0.3) is 22.3 Å². The summed E-state index contributed by atoms with van der Waals surface area (Å²) in [5.74, 6) is -0.992. The van der Waals surface area contributed by atoms with Crippen molar-refractivity contribution in [2.24, 2.45) is 0 Å². The van der Waals surface area contributed by atoms with Gasteiger partial charge in [0, 0.05) is 23.4 Å². The number of cyclic esters (lactones) is 1. The predicted molar refractivity (Wildman–Crippen MR) is 111 cm³/mol. The molecular formula is C23H17N3O6. The van der Waals surface area contributed by atoms with Gasteiger partial charge in [-0.05, 0) is 30.7 Å². The van der Waals surface area contributed by atoms with Gasteiger partial charge in [0.25, 0.3) is 5.56 Å². The Hall–Kier alpha value is -4.03. The van der Waals surface area contributed by atoms with Crippen molar-refractivity contribution >= 4 is 22.8 Å². The van der Waals surface area contributed by atoms with Crippen LogP contribution in [0, 0.1) is 11.3 Å². The number of aromatic nitrogens is 2. The molecule has 0 spiro atoms. The first-order valence-electron chi connectivity index (χ1n) is 10.0. The largest absolute Gasteiger partial charge is 0.458 e. The molecule has 0 saturated heterocycles. The Labute approximate surface area is 181 Å². The number of fused-ring (bicyclic) bond motifs is 5. The number of rotatable bonds is 2. The third kappa shape index (κ3) is 2.60. The fraction of sp³-hybridized carbons (Fsp3) is 0.261. The zero-order valence-corrected chi connectivity index (χ0v) is 17.3. The second kappa shape index (κ2) is 6.73. The van der Waals surface area contributed by atoms with E-state index in [0.717, 1.165) is 0 Å². The molecule has 0 amide bonds. The van der Waals surface area contributed by atoms with Gasteiger partial charge in [0.05, 0.1) is 34.6 Å². The Morgan fingerprint density at radius 1 is 1.34 bits per heavy atom. The van der Waals surface area contributed by atoms with Gasteiger partial charge in [-0.25, -0.2) is 9.78 Å². The second-order valence-electron chi connectivity index (χ2n) is 7.80. The monoisotopic (exact) mass is 431 g/mol. The molecule has 0 aliphatic carbocycles. The zero-order valence-electron chi connectivity index (χ0n) is 17.3. The number of hydrogen-bond acceptors (Lipinski definition) is 8. The lowest BCUT2D eigenvalue weighted by Gasteiger charge is -2.31. The highest BCUT2D eigenvalue weighted by Gasteiger charge is 2.45. The molecule has 2 aliphatic rings. The number of aliphatic hydroxyl groups is 1. The lowest BCUT2D eigenvalue weighted by atomic mass is 9.86. The molecule has 32 heavy (non-hydrogen) atoms. The predicted octanol–water partition coefficient (Wildman–Crippen LogP) is 1.88. The van der Waals surface area contributed by atoms with Crippen molar-refractivity contribution in [1.82, 2.24) is 9.55 Å². The number of ether oxygens (including phenoxy) is 2. The van der Waals surface area contributed by atoms with Gasteiger partial charge in [0.1, 0.15) is 18.4 Å². The first-order chi connectivity index (χ1) is 15.3. The summed E-state index contributed by atoms with van der Waals surface area (Å²) in [4.78, 5) is 41.5. The number of pyridine rings is 2. The minimum atomic E-state index is -1.92. The highest BCUT2D eigenvalue weighted by atomic mass is 16.6. The molecule has 1 atom stereocenters. The van der Waals surface area contributed by atoms with Crippen LogP contribution in [-0.4, -0.2) is 26.6 Å². The van der Waals surface area contributed by atoms with Crippen LogP contribution in [0.5, 0.6) is 5.75 Å². The standard InChI is InChI=1S/C23H17N3O6/c1-3-23(30)17-7-19-20-15(9-26(19)21(28)16(17)10-31-22(23)29)14(8-24)13-6-12(32-11(2)27)4-5-18(13)25-20/h4-7,30H,3,9-10H2,1-2H3. The van der Waals surface area contributed by atoms with E-state index in [-0.39, 0.29) is 36.4 Å². The highest BCUT2D eigenvalue weighted by Crippen LogP contribution is 2.40. The molecule has 5 rings (SSSR count). The average molecular weight is 431 g/mol. The number of esters is 2. The fourth-order valence-electron chi connectivity index (χ4n) is 4.42. The maximum atomic E-state index is 13.2. The van der Waals surface area contributed by atoms with Gasteiger partial charge in [0.2, 0.25) is 0 Å². The van der Waals surface area contributed by atoms with Crippen LogP contribution in [0.1, 0.15) is 42.5 Å². The van der Waals surface area contributed by atoms with Gasteiger partial charge >= 0.3 is 11.9 Å². The molecule has 0 radical (unpaired) electrons. The molecule has 0 saturated carbocycles. The van der Waals surface area contributed by atoms with Crippen molar-refractivity contribution in [3.05, 3.63) is 56.9 Å². The summed E-state index contributed by atoms with van der Waals surface area (Å²) in [6.07, 6.45) is 0.0438. The second-order valence-corrected chi connectivity index (χ2v) is 7.80. The van der Waals surface area contributed by atoms with Crippen LogP contribution in [0.15, 0.2) is 29.1 Å². The Morgan fingerprint density at radius 3 is 2.81 bits per heavy atom. The molecule has 1 N–H and O–H groups in total. The number of hydrogen-bond donors (Lipinski definition) is 1. The number of nitriles is 1. The summed E-state index contributed by atoms with van der Waals surface area (Å²) in [6, 6.07) is 8.56. The summed E-state index contributed by atoms with van der Waals surface area (Å²) in [5, 5.41) is 21.4. The Morgan fingerprint density at radius 2 is 2.12 bits per heavy atom. The molecule has 0 fully saturated rings. The van der Waals surface area contributed by atoms with E-state index in [4.69, 9.17) is 9.47 Å². The number of carbonyl (C=O) groups is 2. The van der Waals surface area contributed by atoms with E-state index < -0.39 is 23.1 Å². The van der Waals surface area contributed by atoms with Crippen LogP contribution in [0.4, 0.5) is 0 Å². The van der Waals surface area contributed by atoms with E-state index in [9.17, 15) is 24.8 Å². The van der Waals surface area contributed by atoms with Crippen LogP contribution in [-0.2, 0) is 33.1 Å². The molecule has 2 aromatic heterocycles. The molecule has 3 aromatic rings. The van der Waals surface area contributed by atoms with Crippen molar-refractivity contribution in [3.63, 3.8) is 0 Å². The van der Waals surface area contributed by atoms with Gasteiger partial charge < -0.3 is 19.1 Å². The molecule has 0 bridgehead atoms. The quantitative estimate of drug-likeness (QED) is 0.376. The van der Waals surface area contributed by atoms with Crippen molar-refractivity contribution in [2.75, 3.05) is 0 Å². The van der Waals surface area contributed by atoms with Gasteiger partial charge in [-0.2, -0.15) is 5.26 Å². The first kappa shape index (κ1) is 19.9. The fourth-order valence-corrected chi connectivity index (χ4v) is 4.42. The minimum Gasteiger partial charge on any atom is -0.458 e. The SMILES string of the molecule is CCC1(O)C(=O)OCc2c1cc1n(c2=O)Cc2c-1nc1ccc(OC(C)=O)cc1c2C#N. The van der Waals surface area contributed by atoms with E-state index in [2.05, 4.69) is 11.1 Å². The summed E-state index contributed by atoms with van der Waals surface area (Å²) in [6.45, 7) is 2.81. The summed E-state index contributed by atoms with van der Waals surface area (Å²) >= 11 is 0. The van der Waals surface area contributed by atoms with Gasteiger partial charge in [-0.1, -0.05) is 6.92 Å². The summed E-state index contributed by atoms with van der Waals surface area (Å²) in [5.41, 5.74) is 0.322. The Bertz CT molecular complexity index is 1470. The zero-order chi connectivity index (χ0) is 22.8. The molecule has 160 valence electrons. The average Bonchev–Trinajstić information content (AvgIpc) is 3.13. The van der Waals surface area contributed by atoms with Crippen LogP contribution < -0.4 is 10.3 Å². The molecule has 1 aromatic carbocycles. The smallest absolute Gasteiger partial charge is 0.343 e. The molecule has 4 heterocycles. The first-order valence-corrected chi connectivity index (χ1v) is 10.0. The maximum absolute atomic E-state index is 13.2. The van der Waals surface area contributed by atoms with Gasteiger partial charge in [-0.15, -0.1) is 0 Å². The minimum absolute atomic E-state index is 0.0438. The van der Waals surface area contributed by atoms with E-state index in [0.29, 0.717) is 33.4 Å². The van der Waals surface area contributed by atoms with Crippen molar-refractivity contribution in [1.29, 1.82) is 5.26 Å². The van der Waals surface area contributed by atoms with Crippen molar-refractivity contribution in [3.8, 4) is 23.2 Å². The van der Waals surface area contributed by atoms with Gasteiger partial charge in [-0.3, -0.25) is 9.59 Å². The molecule has 9 heteroatoms. The topological polar surface area (TPSA) is 132 Å². The van der Waals surface area contributed by atoms with Crippen LogP contribution in [0.2, 0.25) is 0 Å². The van der Waals surface area contributed by atoms with Crippen molar-refractivity contribution < 1.29 is 24.2 Å². The van der Waals surface area contributed by atoms with Crippen molar-refractivity contribution in [2.45, 2.75) is 39.0 Å². The Balaban J connectivity index is 1.78. The number of nitrogens with zero attached hydrogens (tertiary/aromatic N) is 3. The third-order valence-corrected chi connectivity index (χ3v) is 6.03. The summed E-state index contributed by atoms with van der Waals surface area (Å²) in [7, 11) is 0. The Kier molecular flexibility index (Phi) is 4.19. The molecule has 1 unspecified atom stereocenters. The molecule has 9 nitrogen and oxygen atoms in total. The maximum Gasteiger partial charge on any atom is 0.343 e. The van der Waals surface area contributed by atoms with E-state index >= 15 is 0 Å². The molecular weight excluding hydrogens is 414 g/mol. The van der Waals surface area contributed by atoms with E-state index in [1.165, 1.54) is 11.5 Å². The molecule has 2 aliphatic heterocycles.